The Balaban J connectivity index is 1.38. The number of ether oxygens (including phenoxy) is 2. The molecule has 3 aromatic carbocycles. The van der Waals surface area contributed by atoms with Crippen LogP contribution >= 0.6 is 11.6 Å². The Bertz CT molecular complexity index is 1380. The second kappa shape index (κ2) is 11.6. The molecule has 1 heterocycles. The number of anilines is 1. The number of carbonyl (C=O) groups excluding carboxylic acids is 1. The molecule has 0 spiro atoms. The highest BCUT2D eigenvalue weighted by Gasteiger charge is 2.10. The number of benzene rings is 3. The van der Waals surface area contributed by atoms with Crippen molar-refractivity contribution in [2.45, 2.75) is 20.1 Å². The van der Waals surface area contributed by atoms with Crippen molar-refractivity contribution >= 4 is 29.4 Å². The molecule has 0 saturated heterocycles. The zero-order valence-electron chi connectivity index (χ0n) is 19.9. The van der Waals surface area contributed by atoms with E-state index in [1.807, 2.05) is 49.4 Å². The highest BCUT2D eigenvalue weighted by molar-refractivity contribution is 6.31. The Hall–Kier alpha value is -4.10. The molecule has 184 valence electrons. The molecular weight excluding hydrogens is 481 g/mol. The van der Waals surface area contributed by atoms with E-state index < -0.39 is 5.82 Å². The molecule has 0 aliphatic carbocycles. The summed E-state index contributed by atoms with van der Waals surface area (Å²) in [5, 5.41) is 7.30. The van der Waals surface area contributed by atoms with Crippen LogP contribution < -0.4 is 14.8 Å². The summed E-state index contributed by atoms with van der Waals surface area (Å²) in [7, 11) is 1.60. The van der Waals surface area contributed by atoms with Crippen molar-refractivity contribution in [3.8, 4) is 11.5 Å². The molecule has 1 amide bonds. The number of methoxy groups -OCH3 is 1. The smallest absolute Gasteiger partial charge is 0.249 e. The van der Waals surface area contributed by atoms with Gasteiger partial charge < -0.3 is 14.8 Å². The van der Waals surface area contributed by atoms with Crippen LogP contribution in [0.1, 0.15) is 22.3 Å². The lowest BCUT2D eigenvalue weighted by atomic mass is 10.1. The molecule has 1 N–H and O–H groups in total. The van der Waals surface area contributed by atoms with Crippen LogP contribution in [-0.2, 0) is 17.9 Å². The fraction of sp³-hybridized carbons (Fsp3) is 0.143. The molecule has 4 aromatic rings. The van der Waals surface area contributed by atoms with Gasteiger partial charge in [-0.25, -0.2) is 4.39 Å². The summed E-state index contributed by atoms with van der Waals surface area (Å²) < 4.78 is 26.9. The third kappa shape index (κ3) is 6.52. The highest BCUT2D eigenvalue weighted by Crippen LogP contribution is 2.24. The van der Waals surface area contributed by atoms with Crippen LogP contribution in [0.3, 0.4) is 0 Å². The predicted molar refractivity (Wildman–Crippen MR) is 139 cm³/mol. The number of amides is 1. The number of rotatable bonds is 9. The van der Waals surface area contributed by atoms with Crippen LogP contribution in [0, 0.1) is 12.7 Å². The second-order valence-electron chi connectivity index (χ2n) is 8.10. The van der Waals surface area contributed by atoms with Crippen LogP contribution in [0.4, 0.5) is 10.2 Å². The third-order valence-electron chi connectivity index (χ3n) is 5.39. The molecule has 0 bridgehead atoms. The first-order chi connectivity index (χ1) is 17.4. The lowest BCUT2D eigenvalue weighted by Crippen LogP contribution is -2.10. The molecule has 0 radical (unpaired) electrons. The number of aromatic nitrogens is 2. The molecule has 8 heteroatoms. The van der Waals surface area contributed by atoms with Gasteiger partial charge in [-0.15, -0.1) is 0 Å². The van der Waals surface area contributed by atoms with Gasteiger partial charge in [-0.2, -0.15) is 5.10 Å². The van der Waals surface area contributed by atoms with Gasteiger partial charge in [0.05, 0.1) is 13.7 Å². The lowest BCUT2D eigenvalue weighted by Gasteiger charge is -2.11. The summed E-state index contributed by atoms with van der Waals surface area (Å²) in [5.74, 6) is 1.06. The molecule has 6 nitrogen and oxygen atoms in total. The van der Waals surface area contributed by atoms with E-state index in [0.29, 0.717) is 28.8 Å². The lowest BCUT2D eigenvalue weighted by molar-refractivity contribution is -0.111. The fourth-order valence-corrected chi connectivity index (χ4v) is 3.81. The summed E-state index contributed by atoms with van der Waals surface area (Å²) in [4.78, 5) is 12.4. The summed E-state index contributed by atoms with van der Waals surface area (Å²) in [6.45, 7) is 2.48. The predicted octanol–water partition coefficient (Wildman–Crippen LogP) is 6.27. The molecule has 0 saturated carbocycles. The van der Waals surface area contributed by atoms with Crippen LogP contribution in [0.2, 0.25) is 5.02 Å². The van der Waals surface area contributed by atoms with Crippen LogP contribution in [-0.4, -0.2) is 22.8 Å². The number of aryl methyl sites for hydroxylation is 1. The Kier molecular flexibility index (Phi) is 8.02. The largest absolute Gasteiger partial charge is 0.496 e. The van der Waals surface area contributed by atoms with Gasteiger partial charge >= 0.3 is 0 Å². The Morgan fingerprint density at radius 2 is 1.97 bits per heavy atom. The first kappa shape index (κ1) is 25.0. The quantitative estimate of drug-likeness (QED) is 0.272. The number of nitrogens with zero attached hydrogens (tertiary/aromatic N) is 2. The van der Waals surface area contributed by atoms with E-state index >= 15 is 0 Å². The van der Waals surface area contributed by atoms with E-state index in [1.165, 1.54) is 16.8 Å². The fourth-order valence-electron chi connectivity index (χ4n) is 3.58. The molecule has 0 aliphatic heterocycles. The Morgan fingerprint density at radius 3 is 2.75 bits per heavy atom. The van der Waals surface area contributed by atoms with Gasteiger partial charge in [0.25, 0.3) is 0 Å². The molecular formula is C28H25ClFN3O3. The van der Waals surface area contributed by atoms with Gasteiger partial charge in [0, 0.05) is 34.5 Å². The van der Waals surface area contributed by atoms with Crippen LogP contribution in [0.5, 0.6) is 11.5 Å². The SMILES string of the molecule is COc1ccc(/C=C/C(=O)Nc2ccn(Cc3c(F)cccc3Cl)n2)cc1COc1cccc(C)c1. The van der Waals surface area contributed by atoms with Crippen molar-refractivity contribution in [1.29, 1.82) is 0 Å². The second-order valence-corrected chi connectivity index (χ2v) is 8.51. The molecule has 0 unspecified atom stereocenters. The van der Waals surface area contributed by atoms with E-state index in [0.717, 1.165) is 22.4 Å². The van der Waals surface area contributed by atoms with Crippen molar-refractivity contribution in [2.75, 3.05) is 12.4 Å². The minimum absolute atomic E-state index is 0.149. The minimum atomic E-state index is -0.408. The van der Waals surface area contributed by atoms with Gasteiger partial charge in [0.2, 0.25) is 5.91 Å². The minimum Gasteiger partial charge on any atom is -0.496 e. The van der Waals surface area contributed by atoms with Crippen molar-refractivity contribution in [3.05, 3.63) is 112 Å². The number of hydrogen-bond acceptors (Lipinski definition) is 4. The maximum atomic E-state index is 14.0. The highest BCUT2D eigenvalue weighted by atomic mass is 35.5. The van der Waals surface area contributed by atoms with E-state index in [9.17, 15) is 9.18 Å². The van der Waals surface area contributed by atoms with Crippen LogP contribution in [0.25, 0.3) is 6.08 Å². The van der Waals surface area contributed by atoms with E-state index in [2.05, 4.69) is 10.4 Å². The van der Waals surface area contributed by atoms with Crippen LogP contribution in [0.15, 0.2) is 79.0 Å². The van der Waals surface area contributed by atoms with Gasteiger partial charge in [-0.05, 0) is 60.5 Å². The van der Waals surface area contributed by atoms with E-state index in [1.54, 1.807) is 37.6 Å². The van der Waals surface area contributed by atoms with Crippen molar-refractivity contribution in [2.24, 2.45) is 0 Å². The summed E-state index contributed by atoms with van der Waals surface area (Å²) in [6.07, 6.45) is 4.76. The average molecular weight is 506 g/mol. The maximum Gasteiger partial charge on any atom is 0.249 e. The number of nitrogens with one attached hydrogen (secondary N) is 1. The number of hydrogen-bond donors (Lipinski definition) is 1. The standard InChI is InChI=1S/C28H25ClFN3O3/c1-19-5-3-6-22(15-19)36-18-21-16-20(9-11-26(21)35-2)10-12-28(34)31-27-13-14-33(32-27)17-23-24(29)7-4-8-25(23)30/h3-16H,17-18H2,1-2H3,(H,31,32,34)/b12-10+. The first-order valence-electron chi connectivity index (χ1n) is 11.2. The van der Waals surface area contributed by atoms with E-state index in [4.69, 9.17) is 21.1 Å². The molecule has 0 aliphatic rings. The van der Waals surface area contributed by atoms with Crippen molar-refractivity contribution < 1.29 is 18.7 Å². The van der Waals surface area contributed by atoms with Gasteiger partial charge in [-0.3, -0.25) is 9.48 Å². The van der Waals surface area contributed by atoms with Gasteiger partial charge in [0.15, 0.2) is 5.82 Å². The van der Waals surface area contributed by atoms with Crippen molar-refractivity contribution in [3.63, 3.8) is 0 Å². The zero-order valence-corrected chi connectivity index (χ0v) is 20.6. The molecule has 0 atom stereocenters. The summed E-state index contributed by atoms with van der Waals surface area (Å²) >= 11 is 6.08. The normalized spacial score (nSPS) is 11.0. The number of halogens is 2. The maximum absolute atomic E-state index is 14.0. The third-order valence-corrected chi connectivity index (χ3v) is 5.74. The van der Waals surface area contributed by atoms with Crippen molar-refractivity contribution in [1.82, 2.24) is 9.78 Å². The summed E-state index contributed by atoms with van der Waals surface area (Å²) in [6, 6.07) is 19.6. The first-order valence-corrected chi connectivity index (χ1v) is 11.6. The molecule has 1 aromatic heterocycles. The molecule has 0 fully saturated rings. The Labute approximate surface area is 213 Å². The summed E-state index contributed by atoms with van der Waals surface area (Å²) in [5.41, 5.74) is 3.12. The monoisotopic (exact) mass is 505 g/mol. The van der Waals surface area contributed by atoms with Gasteiger partial charge in [0.1, 0.15) is 23.9 Å². The Morgan fingerprint density at radius 1 is 1.14 bits per heavy atom. The topological polar surface area (TPSA) is 65.4 Å². The zero-order chi connectivity index (χ0) is 25.5. The average Bonchev–Trinajstić information content (AvgIpc) is 3.30. The molecule has 4 rings (SSSR count). The van der Waals surface area contributed by atoms with E-state index in [-0.39, 0.29) is 12.5 Å². The molecule has 36 heavy (non-hydrogen) atoms. The van der Waals surface area contributed by atoms with Gasteiger partial charge in [-0.1, -0.05) is 35.9 Å². The number of carbonyl (C=O) groups is 1.